The van der Waals surface area contributed by atoms with Crippen LogP contribution in [0.25, 0.3) is 0 Å². The lowest BCUT2D eigenvalue weighted by molar-refractivity contribution is -0.133. The van der Waals surface area contributed by atoms with E-state index < -0.39 is 17.4 Å². The van der Waals surface area contributed by atoms with E-state index in [-0.39, 0.29) is 36.2 Å². The number of fused-ring (bicyclic) bond motifs is 1. The molecule has 1 aliphatic heterocycles. The Kier molecular flexibility index (Phi) is 8.38. The third-order valence-electron chi connectivity index (χ3n) is 5.83. The van der Waals surface area contributed by atoms with Crippen molar-refractivity contribution < 1.29 is 23.5 Å². The molecule has 34 heavy (non-hydrogen) atoms. The fourth-order valence-corrected chi connectivity index (χ4v) is 4.01. The van der Waals surface area contributed by atoms with E-state index in [9.17, 15) is 18.8 Å². The highest BCUT2D eigenvalue weighted by Gasteiger charge is 2.48. The topological polar surface area (TPSA) is 106 Å². The van der Waals surface area contributed by atoms with Gasteiger partial charge < -0.3 is 24.8 Å². The molecule has 2 heterocycles. The van der Waals surface area contributed by atoms with Gasteiger partial charge in [-0.15, -0.1) is 0 Å². The molecule has 2 N–H and O–H groups in total. The van der Waals surface area contributed by atoms with Gasteiger partial charge in [0, 0.05) is 32.8 Å². The van der Waals surface area contributed by atoms with Gasteiger partial charge in [0.2, 0.25) is 5.91 Å². The maximum atomic E-state index is 13.5. The van der Waals surface area contributed by atoms with Crippen LogP contribution in [0.3, 0.4) is 0 Å². The van der Waals surface area contributed by atoms with E-state index in [1.54, 1.807) is 23.6 Å². The van der Waals surface area contributed by atoms with Crippen LogP contribution in [0.2, 0.25) is 0 Å². The van der Waals surface area contributed by atoms with Crippen LogP contribution in [0.4, 0.5) is 4.39 Å². The second-order valence-electron chi connectivity index (χ2n) is 8.42. The van der Waals surface area contributed by atoms with E-state index in [1.807, 2.05) is 13.8 Å². The zero-order valence-corrected chi connectivity index (χ0v) is 19.9. The highest BCUT2D eigenvalue weighted by molar-refractivity contribution is 6.07. The summed E-state index contributed by atoms with van der Waals surface area (Å²) in [5.41, 5.74) is -0.198. The highest BCUT2D eigenvalue weighted by atomic mass is 19.1. The second kappa shape index (κ2) is 11.2. The smallest absolute Gasteiger partial charge is 0.273 e. The molecule has 1 aliphatic rings. The van der Waals surface area contributed by atoms with Crippen molar-refractivity contribution in [1.82, 2.24) is 25.1 Å². The Balaban J connectivity index is 1.76. The van der Waals surface area contributed by atoms with Gasteiger partial charge in [-0.2, -0.15) is 0 Å². The third-order valence-corrected chi connectivity index (χ3v) is 5.83. The van der Waals surface area contributed by atoms with Crippen LogP contribution in [0.5, 0.6) is 0 Å². The molecule has 1 aromatic carbocycles. The molecule has 3 rings (SSSR count). The molecule has 0 saturated heterocycles. The maximum Gasteiger partial charge on any atom is 0.273 e. The minimum absolute atomic E-state index is 0.0521. The summed E-state index contributed by atoms with van der Waals surface area (Å²) in [5.74, 6) is -1.53. The number of hydrogen-bond donors (Lipinski definition) is 2. The van der Waals surface area contributed by atoms with Gasteiger partial charge in [-0.1, -0.05) is 19.1 Å². The van der Waals surface area contributed by atoms with E-state index >= 15 is 0 Å². The Labute approximate surface area is 198 Å². The summed E-state index contributed by atoms with van der Waals surface area (Å²) in [4.78, 5) is 45.1. The summed E-state index contributed by atoms with van der Waals surface area (Å²) in [6.45, 7) is 7.79. The van der Waals surface area contributed by atoms with Crippen LogP contribution >= 0.6 is 0 Å². The largest absolute Gasteiger partial charge is 0.382 e. The monoisotopic (exact) mass is 473 g/mol. The summed E-state index contributed by atoms with van der Waals surface area (Å²) >= 11 is 0. The third kappa shape index (κ3) is 5.44. The number of nitrogens with one attached hydrogen (secondary N) is 2. The standard InChI is InChI=1S/C24H32FN5O4/c1-4-12-30-22(32)20-19(21(31)26-11-6-13-34-5-2)28-16-29(20)15-24(30,3)23(33)27-14-17-7-9-18(25)10-8-17/h7-10,16H,4-6,11-15H2,1-3H3,(H,26,31)(H,27,33). The van der Waals surface area contributed by atoms with Crippen LogP contribution in [0.15, 0.2) is 30.6 Å². The molecule has 1 atom stereocenters. The first-order valence-corrected chi connectivity index (χ1v) is 11.6. The molecule has 1 aromatic heterocycles. The molecule has 0 bridgehead atoms. The molecule has 1 unspecified atom stereocenters. The molecule has 184 valence electrons. The molecule has 0 spiro atoms. The molecular formula is C24H32FN5O4. The highest BCUT2D eigenvalue weighted by Crippen LogP contribution is 2.29. The van der Waals surface area contributed by atoms with Crippen molar-refractivity contribution >= 4 is 17.7 Å². The van der Waals surface area contributed by atoms with E-state index in [0.29, 0.717) is 39.1 Å². The average molecular weight is 474 g/mol. The number of hydrogen-bond acceptors (Lipinski definition) is 5. The van der Waals surface area contributed by atoms with Crippen LogP contribution in [0.1, 0.15) is 60.2 Å². The first kappa shape index (κ1) is 25.4. The number of halogens is 1. The summed E-state index contributed by atoms with van der Waals surface area (Å²) in [7, 11) is 0. The lowest BCUT2D eigenvalue weighted by Gasteiger charge is -2.43. The van der Waals surface area contributed by atoms with Crippen LogP contribution < -0.4 is 10.6 Å². The number of imidazole rings is 1. The molecule has 0 radical (unpaired) electrons. The zero-order chi connectivity index (χ0) is 24.7. The van der Waals surface area contributed by atoms with Crippen LogP contribution in [-0.4, -0.2) is 64.0 Å². The number of aromatic nitrogens is 2. The van der Waals surface area contributed by atoms with Gasteiger partial charge in [0.25, 0.3) is 11.8 Å². The van der Waals surface area contributed by atoms with Gasteiger partial charge in [-0.3, -0.25) is 14.4 Å². The quantitative estimate of drug-likeness (QED) is 0.487. The van der Waals surface area contributed by atoms with Crippen molar-refractivity contribution in [3.8, 4) is 0 Å². The van der Waals surface area contributed by atoms with E-state index in [4.69, 9.17) is 4.74 Å². The predicted octanol–water partition coefficient (Wildman–Crippen LogP) is 2.12. The van der Waals surface area contributed by atoms with Crippen molar-refractivity contribution in [1.29, 1.82) is 0 Å². The second-order valence-corrected chi connectivity index (χ2v) is 8.42. The maximum absolute atomic E-state index is 13.5. The Bertz CT molecular complexity index is 1020. The molecule has 0 saturated carbocycles. The van der Waals surface area contributed by atoms with Crippen molar-refractivity contribution in [2.24, 2.45) is 0 Å². The average Bonchev–Trinajstić information content (AvgIpc) is 3.24. The minimum atomic E-state index is -1.17. The lowest BCUT2D eigenvalue weighted by Crippen LogP contribution is -2.64. The van der Waals surface area contributed by atoms with E-state index in [2.05, 4.69) is 15.6 Å². The number of ether oxygens (including phenoxy) is 1. The van der Waals surface area contributed by atoms with Crippen LogP contribution in [0, 0.1) is 5.82 Å². The molecule has 9 nitrogen and oxygen atoms in total. The van der Waals surface area contributed by atoms with Gasteiger partial charge >= 0.3 is 0 Å². The minimum Gasteiger partial charge on any atom is -0.382 e. The van der Waals surface area contributed by atoms with Gasteiger partial charge in [0.05, 0.1) is 12.9 Å². The first-order valence-electron chi connectivity index (χ1n) is 11.6. The van der Waals surface area contributed by atoms with Gasteiger partial charge in [0.15, 0.2) is 5.69 Å². The van der Waals surface area contributed by atoms with E-state index in [1.165, 1.54) is 23.4 Å². The van der Waals surface area contributed by atoms with Crippen LogP contribution in [-0.2, 0) is 22.6 Å². The zero-order valence-electron chi connectivity index (χ0n) is 19.9. The molecule has 0 aliphatic carbocycles. The summed E-state index contributed by atoms with van der Waals surface area (Å²) in [6, 6.07) is 5.86. The number of amides is 3. The summed E-state index contributed by atoms with van der Waals surface area (Å²) in [6.07, 6.45) is 2.72. The van der Waals surface area contributed by atoms with Crippen molar-refractivity contribution in [3.05, 3.63) is 53.4 Å². The number of carbonyl (C=O) groups excluding carboxylic acids is 3. The predicted molar refractivity (Wildman–Crippen MR) is 124 cm³/mol. The van der Waals surface area contributed by atoms with Crippen molar-refractivity contribution in [2.45, 2.75) is 52.2 Å². The molecule has 10 heteroatoms. The lowest BCUT2D eigenvalue weighted by atomic mass is 9.94. The molecule has 2 aromatic rings. The van der Waals surface area contributed by atoms with Crippen molar-refractivity contribution in [2.75, 3.05) is 26.3 Å². The van der Waals surface area contributed by atoms with E-state index in [0.717, 1.165) is 5.56 Å². The number of nitrogens with zero attached hydrogens (tertiary/aromatic N) is 3. The molecule has 0 fully saturated rings. The Hall–Kier alpha value is -3.27. The summed E-state index contributed by atoms with van der Waals surface area (Å²) in [5, 5.41) is 5.64. The normalized spacial score (nSPS) is 17.4. The number of carbonyl (C=O) groups is 3. The van der Waals surface area contributed by atoms with Crippen molar-refractivity contribution in [3.63, 3.8) is 0 Å². The van der Waals surface area contributed by atoms with Gasteiger partial charge in [-0.05, 0) is 44.4 Å². The number of rotatable bonds is 11. The Morgan fingerprint density at radius 1 is 1.21 bits per heavy atom. The molecular weight excluding hydrogens is 441 g/mol. The Morgan fingerprint density at radius 2 is 1.94 bits per heavy atom. The first-order chi connectivity index (χ1) is 16.3. The summed E-state index contributed by atoms with van der Waals surface area (Å²) < 4.78 is 20.0. The fourth-order valence-electron chi connectivity index (χ4n) is 4.01. The van der Waals surface area contributed by atoms with Gasteiger partial charge in [0.1, 0.15) is 17.1 Å². The fraction of sp³-hybridized carbons (Fsp3) is 0.500. The van der Waals surface area contributed by atoms with Gasteiger partial charge in [-0.25, -0.2) is 9.37 Å². The Morgan fingerprint density at radius 3 is 2.62 bits per heavy atom. The molecule has 3 amide bonds. The number of benzene rings is 1. The SMILES string of the molecule is CCCN1C(=O)c2c(C(=O)NCCCOCC)ncn2CC1(C)C(=O)NCc1ccc(F)cc1.